The first-order valence-electron chi connectivity index (χ1n) is 8.35. The molecule has 1 nitrogen and oxygen atoms in total. The van der Waals surface area contributed by atoms with Crippen LogP contribution in [0, 0.1) is 16.7 Å². The summed E-state index contributed by atoms with van der Waals surface area (Å²) in [7, 11) is 0. The minimum absolute atomic E-state index is 0.415. The summed E-state index contributed by atoms with van der Waals surface area (Å²) < 4.78 is 0. The number of hydrogen-bond donors (Lipinski definition) is 1. The van der Waals surface area contributed by atoms with E-state index in [9.17, 15) is 0 Å². The molecule has 0 saturated carbocycles. The molecule has 0 amide bonds. The van der Waals surface area contributed by atoms with Gasteiger partial charge < -0.3 is 5.32 Å². The Hall–Kier alpha value is -0.0400. The highest BCUT2D eigenvalue weighted by atomic mass is 14.9. The average Bonchev–Trinajstić information content (AvgIpc) is 2.24. The molecular weight excluding hydrogens is 230 g/mol. The van der Waals surface area contributed by atoms with E-state index in [1.54, 1.807) is 0 Å². The smallest absolute Gasteiger partial charge is 0.0000126 e. The Bertz CT molecular complexity index is 207. The highest BCUT2D eigenvalue weighted by molar-refractivity contribution is 4.67. The van der Waals surface area contributed by atoms with Crippen LogP contribution in [0.3, 0.4) is 0 Å². The Balaban J connectivity index is 3.57. The van der Waals surface area contributed by atoms with Gasteiger partial charge in [0.15, 0.2) is 0 Å². The van der Waals surface area contributed by atoms with Gasteiger partial charge in [-0.1, -0.05) is 67.7 Å². The molecule has 0 aromatic carbocycles. The SMILES string of the molecule is CC[C@@H](CCCCNCC(C)(C)C)CCC(C)(C)C. The molecule has 0 aliphatic carbocycles. The van der Waals surface area contributed by atoms with Gasteiger partial charge in [-0.3, -0.25) is 0 Å². The molecule has 0 aliphatic heterocycles. The maximum atomic E-state index is 3.57. The van der Waals surface area contributed by atoms with Gasteiger partial charge in [0.1, 0.15) is 0 Å². The van der Waals surface area contributed by atoms with Crippen molar-refractivity contribution >= 4 is 0 Å². The standard InChI is InChI=1S/C18H39N/c1-8-16(12-13-17(2,3)4)11-9-10-14-19-15-18(5,6)7/h16,19H,8-15H2,1-7H3/t16-/m0/s1. The molecule has 0 heterocycles. The number of hydrogen-bond acceptors (Lipinski definition) is 1. The van der Waals surface area contributed by atoms with Crippen LogP contribution in [0.1, 0.15) is 87.0 Å². The van der Waals surface area contributed by atoms with E-state index in [2.05, 4.69) is 53.8 Å². The maximum absolute atomic E-state index is 3.57. The van der Waals surface area contributed by atoms with Crippen LogP contribution in [-0.4, -0.2) is 13.1 Å². The molecule has 116 valence electrons. The topological polar surface area (TPSA) is 12.0 Å². The highest BCUT2D eigenvalue weighted by Crippen LogP contribution is 2.27. The zero-order valence-electron chi connectivity index (χ0n) is 14.7. The third kappa shape index (κ3) is 14.2. The largest absolute Gasteiger partial charge is 0.316 e. The van der Waals surface area contributed by atoms with Gasteiger partial charge in [0.25, 0.3) is 0 Å². The first-order valence-corrected chi connectivity index (χ1v) is 8.35. The molecule has 1 heteroatoms. The zero-order chi connectivity index (χ0) is 14.9. The third-order valence-electron chi connectivity index (χ3n) is 3.75. The van der Waals surface area contributed by atoms with E-state index in [-0.39, 0.29) is 0 Å². The van der Waals surface area contributed by atoms with Crippen LogP contribution in [0.2, 0.25) is 0 Å². The van der Waals surface area contributed by atoms with E-state index in [0.717, 1.165) is 12.5 Å². The lowest BCUT2D eigenvalue weighted by Gasteiger charge is -2.22. The van der Waals surface area contributed by atoms with Gasteiger partial charge in [-0.05, 0) is 49.1 Å². The fourth-order valence-corrected chi connectivity index (χ4v) is 2.34. The van der Waals surface area contributed by atoms with E-state index >= 15 is 0 Å². The quantitative estimate of drug-likeness (QED) is 0.534. The molecule has 1 atom stereocenters. The molecule has 0 radical (unpaired) electrons. The molecule has 0 fully saturated rings. The van der Waals surface area contributed by atoms with Crippen LogP contribution in [0.4, 0.5) is 0 Å². The van der Waals surface area contributed by atoms with Crippen molar-refractivity contribution in [2.24, 2.45) is 16.7 Å². The molecule has 0 aromatic heterocycles. The summed E-state index contributed by atoms with van der Waals surface area (Å²) >= 11 is 0. The van der Waals surface area contributed by atoms with Gasteiger partial charge in [0, 0.05) is 0 Å². The van der Waals surface area contributed by atoms with E-state index < -0.39 is 0 Å². The molecule has 0 aromatic rings. The molecule has 0 spiro atoms. The minimum Gasteiger partial charge on any atom is -0.316 e. The highest BCUT2D eigenvalue weighted by Gasteiger charge is 2.14. The van der Waals surface area contributed by atoms with Crippen LogP contribution < -0.4 is 5.32 Å². The molecular formula is C18H39N. The summed E-state index contributed by atoms with van der Waals surface area (Å²) in [5.41, 5.74) is 0.917. The van der Waals surface area contributed by atoms with Crippen LogP contribution in [0.5, 0.6) is 0 Å². The maximum Gasteiger partial charge on any atom is -0.0000126 e. The molecule has 1 N–H and O–H groups in total. The number of nitrogens with one attached hydrogen (secondary N) is 1. The second-order valence-corrected chi connectivity index (χ2v) is 8.61. The van der Waals surface area contributed by atoms with Crippen LogP contribution in [0.25, 0.3) is 0 Å². The summed E-state index contributed by atoms with van der Waals surface area (Å²) in [6.45, 7) is 18.6. The van der Waals surface area contributed by atoms with Crippen molar-refractivity contribution in [1.29, 1.82) is 0 Å². The summed E-state index contributed by atoms with van der Waals surface area (Å²) in [5.74, 6) is 0.946. The molecule has 0 rings (SSSR count). The van der Waals surface area contributed by atoms with Crippen molar-refractivity contribution in [3.05, 3.63) is 0 Å². The monoisotopic (exact) mass is 269 g/mol. The molecule has 0 saturated heterocycles. The van der Waals surface area contributed by atoms with Gasteiger partial charge in [-0.2, -0.15) is 0 Å². The molecule has 0 bridgehead atoms. The van der Waals surface area contributed by atoms with Gasteiger partial charge in [0.05, 0.1) is 0 Å². The normalized spacial score (nSPS) is 14.7. The minimum atomic E-state index is 0.415. The summed E-state index contributed by atoms with van der Waals surface area (Å²) in [4.78, 5) is 0. The average molecular weight is 270 g/mol. The lowest BCUT2D eigenvalue weighted by molar-refractivity contribution is 0.303. The van der Waals surface area contributed by atoms with Crippen LogP contribution >= 0.6 is 0 Å². The predicted molar refractivity (Wildman–Crippen MR) is 88.6 cm³/mol. The van der Waals surface area contributed by atoms with Crippen molar-refractivity contribution < 1.29 is 0 Å². The zero-order valence-corrected chi connectivity index (χ0v) is 14.7. The van der Waals surface area contributed by atoms with Crippen LogP contribution in [-0.2, 0) is 0 Å². The second kappa shape index (κ2) is 9.00. The first kappa shape index (κ1) is 19.0. The van der Waals surface area contributed by atoms with Crippen molar-refractivity contribution in [2.45, 2.75) is 87.0 Å². The van der Waals surface area contributed by atoms with Crippen molar-refractivity contribution in [1.82, 2.24) is 5.32 Å². The third-order valence-corrected chi connectivity index (χ3v) is 3.75. The van der Waals surface area contributed by atoms with E-state index in [1.807, 2.05) is 0 Å². The van der Waals surface area contributed by atoms with E-state index in [0.29, 0.717) is 10.8 Å². The second-order valence-electron chi connectivity index (χ2n) is 8.61. The van der Waals surface area contributed by atoms with Gasteiger partial charge in [-0.25, -0.2) is 0 Å². The number of unbranched alkanes of at least 4 members (excludes halogenated alkanes) is 1. The Morgan fingerprint density at radius 3 is 1.95 bits per heavy atom. The lowest BCUT2D eigenvalue weighted by Crippen LogP contribution is -2.27. The van der Waals surface area contributed by atoms with Crippen molar-refractivity contribution in [3.8, 4) is 0 Å². The van der Waals surface area contributed by atoms with Crippen molar-refractivity contribution in [2.75, 3.05) is 13.1 Å². The number of rotatable bonds is 9. The van der Waals surface area contributed by atoms with Crippen molar-refractivity contribution in [3.63, 3.8) is 0 Å². The Labute approximate surface area is 122 Å². The Morgan fingerprint density at radius 1 is 0.842 bits per heavy atom. The fourth-order valence-electron chi connectivity index (χ4n) is 2.34. The van der Waals surface area contributed by atoms with Gasteiger partial charge in [-0.15, -0.1) is 0 Å². The Kier molecular flexibility index (Phi) is 8.98. The first-order chi connectivity index (χ1) is 8.64. The predicted octanol–water partition coefficient (Wildman–Crippen LogP) is 5.64. The summed E-state index contributed by atoms with van der Waals surface area (Å²) in [6, 6.07) is 0. The fraction of sp³-hybridized carbons (Fsp3) is 1.00. The van der Waals surface area contributed by atoms with Crippen LogP contribution in [0.15, 0.2) is 0 Å². The molecule has 19 heavy (non-hydrogen) atoms. The van der Waals surface area contributed by atoms with Gasteiger partial charge >= 0.3 is 0 Å². The Morgan fingerprint density at radius 2 is 1.47 bits per heavy atom. The van der Waals surface area contributed by atoms with E-state index in [1.165, 1.54) is 45.1 Å². The molecule has 0 unspecified atom stereocenters. The molecule has 0 aliphatic rings. The summed E-state index contributed by atoms with van der Waals surface area (Å²) in [6.07, 6.45) is 8.28. The summed E-state index contributed by atoms with van der Waals surface area (Å²) in [5, 5.41) is 3.57. The van der Waals surface area contributed by atoms with E-state index in [4.69, 9.17) is 0 Å². The van der Waals surface area contributed by atoms with Gasteiger partial charge in [0.2, 0.25) is 0 Å². The lowest BCUT2D eigenvalue weighted by atomic mass is 9.84.